The smallest absolute Gasteiger partial charge is 0.250 e. The van der Waals surface area contributed by atoms with Crippen molar-refractivity contribution in [2.45, 2.75) is 26.7 Å². The third-order valence-corrected chi connectivity index (χ3v) is 1.06. The molecule has 0 saturated heterocycles. The number of hydrogen-bond donors (Lipinski definition) is 1. The molecule has 3 nitrogen and oxygen atoms in total. The molecule has 0 heterocycles. The third-order valence-electron chi connectivity index (χ3n) is 1.06. The highest BCUT2D eigenvalue weighted by molar-refractivity contribution is 6.00. The fourth-order valence-electron chi connectivity index (χ4n) is 0.620. The molecule has 0 fully saturated rings. The van der Waals surface area contributed by atoms with E-state index in [1.54, 1.807) is 13.0 Å². The highest BCUT2D eigenvalue weighted by atomic mass is 16.2. The van der Waals surface area contributed by atoms with E-state index >= 15 is 0 Å². The lowest BCUT2D eigenvalue weighted by Crippen LogP contribution is -2.28. The van der Waals surface area contributed by atoms with E-state index in [1.807, 2.05) is 6.92 Å². The van der Waals surface area contributed by atoms with Crippen molar-refractivity contribution in [2.24, 2.45) is 0 Å². The predicted molar refractivity (Wildman–Crippen MR) is 42.9 cm³/mol. The summed E-state index contributed by atoms with van der Waals surface area (Å²) in [5.41, 5.74) is 0. The van der Waals surface area contributed by atoms with Crippen LogP contribution in [0.3, 0.4) is 0 Å². The van der Waals surface area contributed by atoms with Crippen LogP contribution in [0.1, 0.15) is 26.7 Å². The molecule has 0 aliphatic heterocycles. The molecule has 0 aromatic carbocycles. The number of carbonyl (C=O) groups excluding carboxylic acids is 2. The van der Waals surface area contributed by atoms with E-state index < -0.39 is 0 Å². The van der Waals surface area contributed by atoms with Gasteiger partial charge in [0.05, 0.1) is 0 Å². The molecule has 0 aliphatic rings. The van der Waals surface area contributed by atoms with Crippen LogP contribution in [0, 0.1) is 0 Å². The normalized spacial score (nSPS) is 10.0. The third kappa shape index (κ3) is 5.33. The second kappa shape index (κ2) is 5.65. The van der Waals surface area contributed by atoms with Crippen molar-refractivity contribution in [3.63, 3.8) is 0 Å². The minimum absolute atomic E-state index is 0.212. The van der Waals surface area contributed by atoms with Gasteiger partial charge in [0.25, 0.3) is 0 Å². The van der Waals surface area contributed by atoms with E-state index in [4.69, 9.17) is 0 Å². The van der Waals surface area contributed by atoms with Gasteiger partial charge in [-0.3, -0.25) is 14.9 Å². The summed E-state index contributed by atoms with van der Waals surface area (Å²) in [5, 5.41) is 2.22. The summed E-state index contributed by atoms with van der Waals surface area (Å²) in [5.74, 6) is -0.554. The summed E-state index contributed by atoms with van der Waals surface area (Å²) < 4.78 is 0. The van der Waals surface area contributed by atoms with Gasteiger partial charge in [0, 0.05) is 6.42 Å². The molecular formula is C8H13NO2. The number of allylic oxidation sites excluding steroid dienone is 1. The molecule has 0 aromatic rings. The average molecular weight is 155 g/mol. The molecule has 0 atom stereocenters. The van der Waals surface area contributed by atoms with Gasteiger partial charge >= 0.3 is 0 Å². The molecular weight excluding hydrogens is 142 g/mol. The van der Waals surface area contributed by atoms with E-state index in [0.29, 0.717) is 6.42 Å². The number of nitrogens with one attached hydrogen (secondary N) is 1. The van der Waals surface area contributed by atoms with E-state index in [-0.39, 0.29) is 11.8 Å². The van der Waals surface area contributed by atoms with Crippen LogP contribution in [0.5, 0.6) is 0 Å². The zero-order valence-electron chi connectivity index (χ0n) is 6.89. The summed E-state index contributed by atoms with van der Waals surface area (Å²) in [6.07, 6.45) is 4.08. The fraction of sp³-hybridized carbons (Fsp3) is 0.500. The molecule has 0 aliphatic carbocycles. The van der Waals surface area contributed by atoms with Gasteiger partial charge in [-0.25, -0.2) is 0 Å². The first kappa shape index (κ1) is 9.88. The molecule has 11 heavy (non-hydrogen) atoms. The maximum atomic E-state index is 10.8. The molecule has 0 aromatic heterocycles. The van der Waals surface area contributed by atoms with Crippen LogP contribution in [-0.4, -0.2) is 11.8 Å². The van der Waals surface area contributed by atoms with Gasteiger partial charge in [0.1, 0.15) is 0 Å². The molecule has 0 rings (SSSR count). The highest BCUT2D eigenvalue weighted by Gasteiger charge is 2.01. The van der Waals surface area contributed by atoms with E-state index in [9.17, 15) is 9.59 Å². The summed E-state index contributed by atoms with van der Waals surface area (Å²) in [6.45, 7) is 3.61. The Morgan fingerprint density at radius 2 is 2.09 bits per heavy atom. The van der Waals surface area contributed by atoms with Crippen LogP contribution >= 0.6 is 0 Å². The zero-order valence-corrected chi connectivity index (χ0v) is 6.89. The molecule has 0 bridgehead atoms. The Morgan fingerprint density at radius 1 is 1.45 bits per heavy atom. The van der Waals surface area contributed by atoms with Crippen molar-refractivity contribution >= 4 is 11.8 Å². The van der Waals surface area contributed by atoms with Gasteiger partial charge in [0.15, 0.2) is 0 Å². The standard InChI is InChI=1S/C8H13NO2/c1-3-5-7(10)9-8(11)6-4-2/h3,5H,4,6H2,1-2H3,(H,9,10,11)/b5-3-. The molecule has 0 radical (unpaired) electrons. The first-order valence-electron chi connectivity index (χ1n) is 3.67. The number of rotatable bonds is 3. The van der Waals surface area contributed by atoms with Crippen molar-refractivity contribution in [3.8, 4) is 0 Å². The van der Waals surface area contributed by atoms with Crippen LogP contribution in [0.25, 0.3) is 0 Å². The fourth-order valence-corrected chi connectivity index (χ4v) is 0.620. The Labute approximate surface area is 66.5 Å². The van der Waals surface area contributed by atoms with Gasteiger partial charge in [-0.1, -0.05) is 13.0 Å². The van der Waals surface area contributed by atoms with Gasteiger partial charge in [0.2, 0.25) is 11.8 Å². The number of carbonyl (C=O) groups is 2. The number of hydrogen-bond acceptors (Lipinski definition) is 2. The highest BCUT2D eigenvalue weighted by Crippen LogP contribution is 1.85. The Balaban J connectivity index is 3.66. The Hall–Kier alpha value is -1.12. The molecule has 1 N–H and O–H groups in total. The van der Waals surface area contributed by atoms with E-state index in [0.717, 1.165) is 6.42 Å². The van der Waals surface area contributed by atoms with Crippen molar-refractivity contribution in [1.29, 1.82) is 0 Å². The topological polar surface area (TPSA) is 46.2 Å². The van der Waals surface area contributed by atoms with Crippen molar-refractivity contribution in [1.82, 2.24) is 5.32 Å². The maximum absolute atomic E-state index is 10.8. The van der Waals surface area contributed by atoms with Crippen LogP contribution in [0.15, 0.2) is 12.2 Å². The zero-order chi connectivity index (χ0) is 8.69. The molecule has 0 spiro atoms. The Bertz CT molecular complexity index is 173. The average Bonchev–Trinajstić information content (AvgIpc) is 1.87. The van der Waals surface area contributed by atoms with Crippen LogP contribution < -0.4 is 5.32 Å². The van der Waals surface area contributed by atoms with Crippen LogP contribution in [0.2, 0.25) is 0 Å². The number of imide groups is 1. The monoisotopic (exact) mass is 155 g/mol. The molecule has 0 unspecified atom stereocenters. The summed E-state index contributed by atoms with van der Waals surface area (Å²) >= 11 is 0. The lowest BCUT2D eigenvalue weighted by Gasteiger charge is -1.96. The molecule has 2 amide bonds. The van der Waals surface area contributed by atoms with Crippen LogP contribution in [-0.2, 0) is 9.59 Å². The second-order valence-corrected chi connectivity index (χ2v) is 2.16. The van der Waals surface area contributed by atoms with Crippen molar-refractivity contribution < 1.29 is 9.59 Å². The van der Waals surface area contributed by atoms with E-state index in [2.05, 4.69) is 5.32 Å². The summed E-state index contributed by atoms with van der Waals surface area (Å²) in [7, 11) is 0. The lowest BCUT2D eigenvalue weighted by molar-refractivity contribution is -0.128. The van der Waals surface area contributed by atoms with Gasteiger partial charge < -0.3 is 0 Å². The quantitative estimate of drug-likeness (QED) is 0.618. The second-order valence-electron chi connectivity index (χ2n) is 2.16. The first-order valence-corrected chi connectivity index (χ1v) is 3.67. The molecule has 0 saturated carbocycles. The van der Waals surface area contributed by atoms with Crippen LogP contribution in [0.4, 0.5) is 0 Å². The predicted octanol–water partition coefficient (Wildman–Crippen LogP) is 1.01. The summed E-state index contributed by atoms with van der Waals surface area (Å²) in [6, 6.07) is 0. The van der Waals surface area contributed by atoms with Gasteiger partial charge in [-0.15, -0.1) is 0 Å². The molecule has 62 valence electrons. The van der Waals surface area contributed by atoms with Gasteiger partial charge in [-0.2, -0.15) is 0 Å². The largest absolute Gasteiger partial charge is 0.293 e. The SMILES string of the molecule is C/C=C\C(=O)NC(=O)CCC. The van der Waals surface area contributed by atoms with E-state index in [1.165, 1.54) is 6.08 Å². The number of amides is 2. The minimum Gasteiger partial charge on any atom is -0.293 e. The lowest BCUT2D eigenvalue weighted by atomic mass is 10.3. The Kier molecular flexibility index (Phi) is 5.07. The summed E-state index contributed by atoms with van der Waals surface area (Å²) in [4.78, 5) is 21.5. The van der Waals surface area contributed by atoms with Crippen molar-refractivity contribution in [2.75, 3.05) is 0 Å². The maximum Gasteiger partial charge on any atom is 0.250 e. The Morgan fingerprint density at radius 3 is 2.55 bits per heavy atom. The minimum atomic E-state index is -0.342. The van der Waals surface area contributed by atoms with Gasteiger partial charge in [-0.05, 0) is 19.4 Å². The van der Waals surface area contributed by atoms with Crippen molar-refractivity contribution in [3.05, 3.63) is 12.2 Å². The first-order chi connectivity index (χ1) is 5.20. The molecule has 3 heteroatoms.